The van der Waals surface area contributed by atoms with Crippen LogP contribution in [0.15, 0.2) is 0 Å². The number of nitrogens with one attached hydrogen (secondary N) is 1. The van der Waals surface area contributed by atoms with Gasteiger partial charge in [0.05, 0.1) is 0 Å². The van der Waals surface area contributed by atoms with Crippen molar-refractivity contribution in [2.75, 3.05) is 26.2 Å². The first-order valence-electron chi connectivity index (χ1n) is 7.39. The number of fused-ring (bicyclic) bond motifs is 1. The van der Waals surface area contributed by atoms with E-state index in [0.717, 1.165) is 37.8 Å². The number of nitrogens with zero attached hydrogens (tertiary/aromatic N) is 1. The summed E-state index contributed by atoms with van der Waals surface area (Å²) in [5.74, 6) is 1.09. The molecule has 2 fully saturated rings. The van der Waals surface area contributed by atoms with Crippen LogP contribution in [0.1, 0.15) is 39.0 Å². The molecule has 0 amide bonds. The summed E-state index contributed by atoms with van der Waals surface area (Å²) in [6.45, 7) is 6.19. The van der Waals surface area contributed by atoms with Gasteiger partial charge in [0.1, 0.15) is 6.04 Å². The average Bonchev–Trinajstić information content (AvgIpc) is 2.88. The number of likely N-dealkylation sites (tertiary alicyclic amines) is 1. The van der Waals surface area contributed by atoms with Crippen molar-refractivity contribution < 1.29 is 9.90 Å². The van der Waals surface area contributed by atoms with E-state index in [0.29, 0.717) is 0 Å². The third-order valence-corrected chi connectivity index (χ3v) is 4.47. The molecule has 1 heterocycles. The highest BCUT2D eigenvalue weighted by Crippen LogP contribution is 2.37. The smallest absolute Gasteiger partial charge is 0.320 e. The van der Waals surface area contributed by atoms with Crippen molar-refractivity contribution in [1.82, 2.24) is 10.2 Å². The van der Waals surface area contributed by atoms with Gasteiger partial charge < -0.3 is 15.3 Å². The minimum atomic E-state index is -0.706. The van der Waals surface area contributed by atoms with E-state index in [4.69, 9.17) is 5.11 Å². The van der Waals surface area contributed by atoms with Crippen molar-refractivity contribution in [3.8, 4) is 0 Å². The second-order valence-corrected chi connectivity index (χ2v) is 5.84. The molecule has 2 N–H and O–H groups in total. The summed E-state index contributed by atoms with van der Waals surface area (Å²) in [4.78, 5) is 13.6. The quantitative estimate of drug-likeness (QED) is 0.724. The molecular formula is C14H26N2O2. The fourth-order valence-electron chi connectivity index (χ4n) is 3.46. The third kappa shape index (κ3) is 3.45. The van der Waals surface area contributed by atoms with Gasteiger partial charge in [-0.05, 0) is 44.1 Å². The van der Waals surface area contributed by atoms with E-state index in [1.54, 1.807) is 0 Å². The van der Waals surface area contributed by atoms with Crippen LogP contribution in [-0.4, -0.2) is 48.2 Å². The topological polar surface area (TPSA) is 52.6 Å². The maximum Gasteiger partial charge on any atom is 0.320 e. The third-order valence-electron chi connectivity index (χ3n) is 4.47. The van der Waals surface area contributed by atoms with E-state index in [9.17, 15) is 4.79 Å². The van der Waals surface area contributed by atoms with E-state index >= 15 is 0 Å². The highest BCUT2D eigenvalue weighted by Gasteiger charge is 2.35. The van der Waals surface area contributed by atoms with Crippen LogP contribution in [0.5, 0.6) is 0 Å². The molecule has 0 aromatic rings. The van der Waals surface area contributed by atoms with Crippen molar-refractivity contribution in [2.24, 2.45) is 11.8 Å². The first kappa shape index (κ1) is 13.8. The molecule has 1 saturated carbocycles. The number of carbonyl (C=O) groups is 1. The van der Waals surface area contributed by atoms with E-state index in [1.165, 1.54) is 32.4 Å². The van der Waals surface area contributed by atoms with Crippen LogP contribution >= 0.6 is 0 Å². The van der Waals surface area contributed by atoms with Crippen LogP contribution in [0.2, 0.25) is 0 Å². The Kier molecular flexibility index (Phi) is 5.01. The van der Waals surface area contributed by atoms with Gasteiger partial charge in [0, 0.05) is 19.6 Å². The molecule has 0 spiro atoms. The van der Waals surface area contributed by atoms with Crippen LogP contribution in [0, 0.1) is 11.8 Å². The molecule has 1 aliphatic heterocycles. The summed E-state index contributed by atoms with van der Waals surface area (Å²) >= 11 is 0. The Bertz CT molecular complexity index is 271. The summed E-state index contributed by atoms with van der Waals surface area (Å²) in [5.41, 5.74) is 0. The molecule has 1 aliphatic carbocycles. The predicted molar refractivity (Wildman–Crippen MR) is 71.6 cm³/mol. The zero-order chi connectivity index (χ0) is 13.0. The predicted octanol–water partition coefficient (Wildman–Crippen LogP) is 1.56. The van der Waals surface area contributed by atoms with Gasteiger partial charge in [0.2, 0.25) is 0 Å². The fraction of sp³-hybridized carbons (Fsp3) is 0.929. The van der Waals surface area contributed by atoms with Crippen molar-refractivity contribution in [2.45, 2.75) is 45.1 Å². The van der Waals surface area contributed by atoms with Gasteiger partial charge in [-0.1, -0.05) is 13.3 Å². The molecule has 3 unspecified atom stereocenters. The fourth-order valence-corrected chi connectivity index (χ4v) is 3.46. The number of carboxylic acids is 1. The van der Waals surface area contributed by atoms with Gasteiger partial charge >= 0.3 is 5.97 Å². The zero-order valence-corrected chi connectivity index (χ0v) is 11.4. The van der Waals surface area contributed by atoms with Crippen LogP contribution < -0.4 is 5.32 Å². The van der Waals surface area contributed by atoms with Crippen molar-refractivity contribution in [1.29, 1.82) is 0 Å². The second-order valence-electron chi connectivity index (χ2n) is 5.84. The van der Waals surface area contributed by atoms with Crippen LogP contribution in [0.25, 0.3) is 0 Å². The SMILES string of the molecule is CCCNC(CCN1CC2CCCC2C1)C(=O)O. The lowest BCUT2D eigenvalue weighted by Crippen LogP contribution is -2.40. The number of rotatable bonds is 7. The summed E-state index contributed by atoms with van der Waals surface area (Å²) in [5, 5.41) is 12.3. The first-order chi connectivity index (χ1) is 8.70. The summed E-state index contributed by atoms with van der Waals surface area (Å²) in [6.07, 6.45) is 5.89. The monoisotopic (exact) mass is 254 g/mol. The number of hydrogen-bond acceptors (Lipinski definition) is 3. The Morgan fingerprint density at radius 1 is 1.39 bits per heavy atom. The lowest BCUT2D eigenvalue weighted by Gasteiger charge is -2.20. The zero-order valence-electron chi connectivity index (χ0n) is 11.4. The average molecular weight is 254 g/mol. The van der Waals surface area contributed by atoms with Crippen LogP contribution in [0.4, 0.5) is 0 Å². The molecule has 0 bridgehead atoms. The molecule has 1 saturated heterocycles. The van der Waals surface area contributed by atoms with Gasteiger partial charge in [-0.2, -0.15) is 0 Å². The standard InChI is InChI=1S/C14H26N2O2/c1-2-7-15-13(14(17)18)6-8-16-9-11-4-3-5-12(11)10-16/h11-13,15H,2-10H2,1H3,(H,17,18). The minimum Gasteiger partial charge on any atom is -0.480 e. The van der Waals surface area contributed by atoms with E-state index in [1.807, 2.05) is 0 Å². The van der Waals surface area contributed by atoms with E-state index in [2.05, 4.69) is 17.1 Å². The Labute approximate surface area is 110 Å². The summed E-state index contributed by atoms with van der Waals surface area (Å²) in [7, 11) is 0. The molecule has 2 rings (SSSR count). The van der Waals surface area contributed by atoms with E-state index < -0.39 is 5.97 Å². The van der Waals surface area contributed by atoms with Crippen molar-refractivity contribution in [3.63, 3.8) is 0 Å². The molecule has 2 aliphatic rings. The highest BCUT2D eigenvalue weighted by atomic mass is 16.4. The second kappa shape index (κ2) is 6.53. The first-order valence-corrected chi connectivity index (χ1v) is 7.39. The molecule has 0 radical (unpaired) electrons. The molecular weight excluding hydrogens is 228 g/mol. The largest absolute Gasteiger partial charge is 0.480 e. The Hall–Kier alpha value is -0.610. The van der Waals surface area contributed by atoms with Gasteiger partial charge in [-0.3, -0.25) is 4.79 Å². The van der Waals surface area contributed by atoms with E-state index in [-0.39, 0.29) is 6.04 Å². The lowest BCUT2D eigenvalue weighted by molar-refractivity contribution is -0.139. The molecule has 18 heavy (non-hydrogen) atoms. The Balaban J connectivity index is 1.71. The lowest BCUT2D eigenvalue weighted by atomic mass is 10.0. The van der Waals surface area contributed by atoms with Gasteiger partial charge in [-0.15, -0.1) is 0 Å². The molecule has 0 aromatic carbocycles. The molecule has 4 heteroatoms. The van der Waals surface area contributed by atoms with Crippen LogP contribution in [0.3, 0.4) is 0 Å². The molecule has 4 nitrogen and oxygen atoms in total. The van der Waals surface area contributed by atoms with Crippen LogP contribution in [-0.2, 0) is 4.79 Å². The number of aliphatic carboxylic acids is 1. The van der Waals surface area contributed by atoms with Gasteiger partial charge in [-0.25, -0.2) is 0 Å². The summed E-state index contributed by atoms with van der Waals surface area (Å²) in [6, 6.07) is -0.370. The molecule has 3 atom stereocenters. The maximum atomic E-state index is 11.1. The molecule has 0 aromatic heterocycles. The summed E-state index contributed by atoms with van der Waals surface area (Å²) < 4.78 is 0. The highest BCUT2D eigenvalue weighted by molar-refractivity contribution is 5.73. The number of carboxylic acid groups (broad SMARTS) is 1. The van der Waals surface area contributed by atoms with Crippen molar-refractivity contribution in [3.05, 3.63) is 0 Å². The minimum absolute atomic E-state index is 0.370. The normalized spacial score (nSPS) is 29.4. The van der Waals surface area contributed by atoms with Gasteiger partial charge in [0.25, 0.3) is 0 Å². The Morgan fingerprint density at radius 2 is 2.06 bits per heavy atom. The molecule has 104 valence electrons. The van der Waals surface area contributed by atoms with Gasteiger partial charge in [0.15, 0.2) is 0 Å². The Morgan fingerprint density at radius 3 is 2.61 bits per heavy atom. The van der Waals surface area contributed by atoms with Crippen molar-refractivity contribution >= 4 is 5.97 Å². The maximum absolute atomic E-state index is 11.1. The number of hydrogen-bond donors (Lipinski definition) is 2.